The highest BCUT2D eigenvalue weighted by atomic mass is 35.5. The fourth-order valence-corrected chi connectivity index (χ4v) is 5.45. The van der Waals surface area contributed by atoms with Gasteiger partial charge >= 0.3 is 0 Å². The molecule has 1 heterocycles. The molecule has 4 rings (SSSR count). The number of hydrogen-bond donors (Lipinski definition) is 0. The number of fused-ring (bicyclic) bond motifs is 1. The lowest BCUT2D eigenvalue weighted by Gasteiger charge is -2.39. The predicted octanol–water partition coefficient (Wildman–Crippen LogP) is 5.06. The van der Waals surface area contributed by atoms with E-state index in [4.69, 9.17) is 25.8 Å². The van der Waals surface area contributed by atoms with Gasteiger partial charge in [0.25, 0.3) is 0 Å². The maximum absolute atomic E-state index is 14.0. The molecule has 156 valence electrons. The molecule has 30 heavy (non-hydrogen) atoms. The molecule has 0 saturated carbocycles. The zero-order valence-corrected chi connectivity index (χ0v) is 18.4. The third-order valence-electron chi connectivity index (χ3n) is 5.47. The van der Waals surface area contributed by atoms with E-state index in [1.54, 1.807) is 6.07 Å². The average Bonchev–Trinajstić information content (AvgIpc) is 3.06. The minimum absolute atomic E-state index is 0.0339. The number of halogens is 1. The molecule has 0 radical (unpaired) electrons. The van der Waals surface area contributed by atoms with Crippen LogP contribution in [0.4, 0.5) is 0 Å². The second-order valence-electron chi connectivity index (χ2n) is 7.04. The van der Waals surface area contributed by atoms with Crippen molar-refractivity contribution in [3.05, 3.63) is 63.5 Å². The minimum atomic E-state index is -1.37. The molecule has 1 aliphatic carbocycles. The Morgan fingerprint density at radius 2 is 1.87 bits per heavy atom. The Labute approximate surface area is 184 Å². The van der Waals surface area contributed by atoms with Crippen molar-refractivity contribution in [2.75, 3.05) is 20.0 Å². The summed E-state index contributed by atoms with van der Waals surface area (Å²) in [6.07, 6.45) is 1.70. The van der Waals surface area contributed by atoms with Gasteiger partial charge in [0, 0.05) is 23.3 Å². The fourth-order valence-electron chi connectivity index (χ4n) is 4.16. The van der Waals surface area contributed by atoms with Crippen LogP contribution < -0.4 is 14.2 Å². The average molecular weight is 445 g/mol. The van der Waals surface area contributed by atoms with Gasteiger partial charge in [0.05, 0.1) is 14.2 Å². The van der Waals surface area contributed by atoms with Gasteiger partial charge in [-0.3, -0.25) is 9.59 Å². The number of rotatable bonds is 5. The molecular formula is C23H21ClO5S. The van der Waals surface area contributed by atoms with E-state index in [0.29, 0.717) is 22.2 Å². The zero-order chi connectivity index (χ0) is 21.5. The Balaban J connectivity index is 1.98. The summed E-state index contributed by atoms with van der Waals surface area (Å²) in [4.78, 5) is 27.2. The summed E-state index contributed by atoms with van der Waals surface area (Å²) in [6, 6.07) is 11.1. The standard InChI is InChI=1S/C23H21ClO5S/c1-4-30-18-11-14(25)10-15(13-8-6-5-7-9-13)23(18)22(26)19-16(27-2)12-17(28-3)20(24)21(19)29-23/h5-9,11-12,15H,4,10H2,1-3H3/t15-,23-/m0/s1. The van der Waals surface area contributed by atoms with Gasteiger partial charge in [-0.2, -0.15) is 0 Å². The minimum Gasteiger partial charge on any atom is -0.496 e. The number of allylic oxidation sites excluding steroid dienone is 1. The van der Waals surface area contributed by atoms with Gasteiger partial charge in [0.1, 0.15) is 22.1 Å². The normalized spacial score (nSPS) is 22.5. The molecule has 0 saturated heterocycles. The van der Waals surface area contributed by atoms with Crippen LogP contribution in [-0.2, 0) is 4.79 Å². The molecule has 5 nitrogen and oxygen atoms in total. The van der Waals surface area contributed by atoms with Crippen molar-refractivity contribution in [3.63, 3.8) is 0 Å². The Kier molecular flexibility index (Phi) is 5.55. The van der Waals surface area contributed by atoms with Gasteiger partial charge in [-0.05, 0) is 17.4 Å². The van der Waals surface area contributed by atoms with Crippen LogP contribution >= 0.6 is 23.4 Å². The number of thioether (sulfide) groups is 1. The third-order valence-corrected chi connectivity index (χ3v) is 6.85. The van der Waals surface area contributed by atoms with E-state index in [0.717, 1.165) is 5.56 Å². The molecule has 0 unspecified atom stereocenters. The molecule has 1 aliphatic heterocycles. The number of benzene rings is 2. The second kappa shape index (κ2) is 8.00. The number of methoxy groups -OCH3 is 2. The summed E-state index contributed by atoms with van der Waals surface area (Å²) in [5.41, 5.74) is -0.237. The molecule has 2 atom stereocenters. The molecule has 7 heteroatoms. The van der Waals surface area contributed by atoms with Crippen molar-refractivity contribution in [1.82, 2.24) is 0 Å². The molecular weight excluding hydrogens is 424 g/mol. The highest BCUT2D eigenvalue weighted by molar-refractivity contribution is 8.03. The van der Waals surface area contributed by atoms with Crippen molar-refractivity contribution in [1.29, 1.82) is 0 Å². The summed E-state index contributed by atoms with van der Waals surface area (Å²) in [6.45, 7) is 1.97. The Morgan fingerprint density at radius 3 is 2.50 bits per heavy atom. The fraction of sp³-hybridized carbons (Fsp3) is 0.304. The van der Waals surface area contributed by atoms with Crippen molar-refractivity contribution in [2.24, 2.45) is 0 Å². The Morgan fingerprint density at radius 1 is 1.17 bits per heavy atom. The monoisotopic (exact) mass is 444 g/mol. The van der Waals surface area contributed by atoms with Crippen molar-refractivity contribution >= 4 is 34.9 Å². The summed E-state index contributed by atoms with van der Waals surface area (Å²) >= 11 is 7.98. The van der Waals surface area contributed by atoms with Gasteiger partial charge in [-0.25, -0.2) is 0 Å². The lowest BCUT2D eigenvalue weighted by molar-refractivity contribution is -0.116. The van der Waals surface area contributed by atoms with Crippen molar-refractivity contribution < 1.29 is 23.8 Å². The summed E-state index contributed by atoms with van der Waals surface area (Å²) in [5, 5.41) is 0.211. The largest absolute Gasteiger partial charge is 0.496 e. The number of ether oxygens (including phenoxy) is 3. The van der Waals surface area contributed by atoms with Crippen LogP contribution in [0.3, 0.4) is 0 Å². The highest BCUT2D eigenvalue weighted by Crippen LogP contribution is 2.58. The Hall–Kier alpha value is -2.44. The van der Waals surface area contributed by atoms with Crippen LogP contribution in [-0.4, -0.2) is 37.1 Å². The first-order valence-electron chi connectivity index (χ1n) is 9.58. The maximum Gasteiger partial charge on any atom is 0.219 e. The summed E-state index contributed by atoms with van der Waals surface area (Å²) in [7, 11) is 2.97. The van der Waals surface area contributed by atoms with E-state index < -0.39 is 11.5 Å². The van der Waals surface area contributed by atoms with Crippen molar-refractivity contribution in [3.8, 4) is 17.2 Å². The van der Waals surface area contributed by atoms with Crippen LogP contribution in [0.25, 0.3) is 0 Å². The molecule has 2 aliphatic rings. The first-order valence-corrected chi connectivity index (χ1v) is 10.9. The predicted molar refractivity (Wildman–Crippen MR) is 117 cm³/mol. The second-order valence-corrected chi connectivity index (χ2v) is 8.73. The molecule has 0 bridgehead atoms. The number of carbonyl (C=O) groups is 2. The van der Waals surface area contributed by atoms with Crippen LogP contribution in [0.2, 0.25) is 5.02 Å². The van der Waals surface area contributed by atoms with E-state index in [2.05, 4.69) is 0 Å². The Bertz CT molecular complexity index is 1050. The molecule has 0 amide bonds. The lowest BCUT2D eigenvalue weighted by atomic mass is 9.72. The molecule has 2 aromatic rings. The van der Waals surface area contributed by atoms with Gasteiger partial charge in [0.2, 0.25) is 11.4 Å². The van der Waals surface area contributed by atoms with Crippen LogP contribution in [0.5, 0.6) is 17.2 Å². The first kappa shape index (κ1) is 20.8. The number of ketones is 2. The van der Waals surface area contributed by atoms with Gasteiger partial charge in [-0.15, -0.1) is 11.8 Å². The van der Waals surface area contributed by atoms with E-state index in [-0.39, 0.29) is 34.3 Å². The molecule has 0 fully saturated rings. The molecule has 0 aromatic heterocycles. The summed E-state index contributed by atoms with van der Waals surface area (Å²) < 4.78 is 17.3. The molecule has 0 N–H and O–H groups in total. The summed E-state index contributed by atoms with van der Waals surface area (Å²) in [5.74, 6) is 0.823. The number of hydrogen-bond acceptors (Lipinski definition) is 6. The number of carbonyl (C=O) groups excluding carboxylic acids is 2. The van der Waals surface area contributed by atoms with Crippen LogP contribution in [0.1, 0.15) is 35.2 Å². The van der Waals surface area contributed by atoms with E-state index in [9.17, 15) is 9.59 Å². The number of Topliss-reactive ketones (excluding diaryl/α,β-unsaturated/α-hetero) is 1. The SMILES string of the molecule is CCSC1=CC(=O)C[C@@H](c2ccccc2)[C@]12Oc1c(Cl)c(OC)cc(OC)c1C2=O. The van der Waals surface area contributed by atoms with Gasteiger partial charge in [-0.1, -0.05) is 48.9 Å². The first-order chi connectivity index (χ1) is 14.5. The molecule has 2 aromatic carbocycles. The van der Waals surface area contributed by atoms with E-state index >= 15 is 0 Å². The van der Waals surface area contributed by atoms with E-state index in [1.807, 2.05) is 37.3 Å². The highest BCUT2D eigenvalue weighted by Gasteiger charge is 2.60. The topological polar surface area (TPSA) is 61.8 Å². The van der Waals surface area contributed by atoms with Crippen molar-refractivity contribution in [2.45, 2.75) is 24.9 Å². The molecule has 1 spiro atoms. The smallest absolute Gasteiger partial charge is 0.219 e. The van der Waals surface area contributed by atoms with Gasteiger partial charge < -0.3 is 14.2 Å². The zero-order valence-electron chi connectivity index (χ0n) is 16.9. The van der Waals surface area contributed by atoms with E-state index in [1.165, 1.54) is 32.1 Å². The van der Waals surface area contributed by atoms with Crippen LogP contribution in [0.15, 0.2) is 47.4 Å². The van der Waals surface area contributed by atoms with Gasteiger partial charge in [0.15, 0.2) is 11.5 Å². The lowest BCUT2D eigenvalue weighted by Crippen LogP contribution is -2.50. The van der Waals surface area contributed by atoms with Crippen LogP contribution in [0, 0.1) is 0 Å². The maximum atomic E-state index is 14.0. The quantitative estimate of drug-likeness (QED) is 0.642. The third kappa shape index (κ3) is 3.01.